The first kappa shape index (κ1) is 62.5. The Bertz CT molecular complexity index is 1010. The normalized spacial score (nSPS) is 14.0. The van der Waals surface area contributed by atoms with E-state index in [1.54, 1.807) is 0 Å². The highest BCUT2D eigenvalue weighted by Gasteiger charge is 2.28. The van der Waals surface area contributed by atoms with Crippen molar-refractivity contribution in [3.05, 3.63) is 36.5 Å². The molecular weight excluding hydrogens is 791 g/mol. The number of nitrogens with one attached hydrogen (secondary N) is 1. The van der Waals surface area contributed by atoms with Gasteiger partial charge in [-0.2, -0.15) is 0 Å². The van der Waals surface area contributed by atoms with Gasteiger partial charge in [0, 0.05) is 0 Å². The van der Waals surface area contributed by atoms with Crippen molar-refractivity contribution in [3.63, 3.8) is 0 Å². The van der Waals surface area contributed by atoms with Crippen molar-refractivity contribution in [3.8, 4) is 0 Å². The summed E-state index contributed by atoms with van der Waals surface area (Å²) < 4.78 is 0. The maximum Gasteiger partial charge on any atom is 0.249 e. The molecule has 6 heteroatoms. The van der Waals surface area contributed by atoms with Crippen molar-refractivity contribution in [1.82, 2.24) is 5.32 Å². The number of carbonyl (C=O) groups is 1. The maximum absolute atomic E-state index is 12.6. The van der Waals surface area contributed by atoms with Crippen LogP contribution in [0.5, 0.6) is 0 Å². The monoisotopic (exact) mass is 902 g/mol. The summed E-state index contributed by atoms with van der Waals surface area (Å²) >= 11 is 0. The molecule has 64 heavy (non-hydrogen) atoms. The molecule has 0 saturated carbocycles. The summed E-state index contributed by atoms with van der Waals surface area (Å²) in [7, 11) is 0. The number of carbonyl (C=O) groups excluding carboxylic acids is 1. The summed E-state index contributed by atoms with van der Waals surface area (Å²) in [6.07, 6.45) is 65.1. The van der Waals surface area contributed by atoms with E-state index in [1.807, 2.05) is 0 Å². The molecule has 6 nitrogen and oxygen atoms in total. The molecule has 0 heterocycles. The second-order valence-corrected chi connectivity index (χ2v) is 19.7. The van der Waals surface area contributed by atoms with Crippen LogP contribution in [0.25, 0.3) is 0 Å². The van der Waals surface area contributed by atoms with Crippen molar-refractivity contribution in [2.24, 2.45) is 0 Å². The number of hydrogen-bond donors (Lipinski definition) is 5. The fraction of sp³-hybridized carbons (Fsp3) is 0.879. The molecule has 0 aromatic heterocycles. The second-order valence-electron chi connectivity index (χ2n) is 19.7. The van der Waals surface area contributed by atoms with E-state index in [0.717, 1.165) is 44.9 Å². The van der Waals surface area contributed by atoms with E-state index in [4.69, 9.17) is 0 Å². The Morgan fingerprint density at radius 1 is 0.391 bits per heavy atom. The molecule has 378 valence electrons. The lowest BCUT2D eigenvalue weighted by Gasteiger charge is -2.27. The standard InChI is InChI=1S/C58H111NO5/c1-3-5-7-9-11-13-15-17-19-21-23-24-25-26-27-28-29-30-31-32-33-34-36-37-39-41-43-45-47-49-51-55(61)57(63)54(53-60)59-58(64)56(62)52-50-48-46-44-42-40-38-35-22-20-18-16-14-12-10-8-6-4-2/h12,14,16,18,43,45,54-57,60-63H,3-11,13,15,17,19-42,44,46-53H2,1-2H3,(H,59,64)/b14-12-,18-16-,45-43+. The third-order valence-electron chi connectivity index (χ3n) is 13.4. The molecule has 0 rings (SSSR count). The molecule has 0 bridgehead atoms. The summed E-state index contributed by atoms with van der Waals surface area (Å²) in [5, 5.41) is 43.9. The highest BCUT2D eigenvalue weighted by Crippen LogP contribution is 2.18. The molecule has 0 aromatic carbocycles. The first-order valence-corrected chi connectivity index (χ1v) is 28.4. The Morgan fingerprint density at radius 3 is 1.06 bits per heavy atom. The highest BCUT2D eigenvalue weighted by molar-refractivity contribution is 5.80. The molecule has 4 atom stereocenters. The van der Waals surface area contributed by atoms with Crippen LogP contribution in [0, 0.1) is 0 Å². The van der Waals surface area contributed by atoms with Gasteiger partial charge in [-0.3, -0.25) is 4.79 Å². The van der Waals surface area contributed by atoms with Crippen LogP contribution in [0.4, 0.5) is 0 Å². The van der Waals surface area contributed by atoms with E-state index < -0.39 is 36.9 Å². The fourth-order valence-electron chi connectivity index (χ4n) is 8.87. The number of allylic oxidation sites excluding steroid dienone is 6. The smallest absolute Gasteiger partial charge is 0.249 e. The zero-order valence-electron chi connectivity index (χ0n) is 42.8. The minimum absolute atomic E-state index is 0.357. The summed E-state index contributed by atoms with van der Waals surface area (Å²) in [6, 6.07) is -1.01. The van der Waals surface area contributed by atoms with Gasteiger partial charge in [-0.25, -0.2) is 0 Å². The van der Waals surface area contributed by atoms with Crippen molar-refractivity contribution in [2.45, 2.75) is 321 Å². The Morgan fingerprint density at radius 2 is 0.688 bits per heavy atom. The Hall–Kier alpha value is -1.47. The van der Waals surface area contributed by atoms with Crippen LogP contribution in [0.2, 0.25) is 0 Å². The summed E-state index contributed by atoms with van der Waals surface area (Å²) in [4.78, 5) is 12.6. The molecule has 0 aliphatic heterocycles. The zero-order valence-corrected chi connectivity index (χ0v) is 42.8. The topological polar surface area (TPSA) is 110 Å². The van der Waals surface area contributed by atoms with E-state index in [0.29, 0.717) is 12.8 Å². The maximum atomic E-state index is 12.6. The lowest BCUT2D eigenvalue weighted by Crippen LogP contribution is -2.53. The van der Waals surface area contributed by atoms with Gasteiger partial charge < -0.3 is 25.7 Å². The first-order valence-electron chi connectivity index (χ1n) is 28.4. The molecule has 0 aromatic rings. The Labute approximate surface area is 398 Å². The molecular formula is C58H111NO5. The average Bonchev–Trinajstić information content (AvgIpc) is 3.30. The lowest BCUT2D eigenvalue weighted by atomic mass is 10.00. The van der Waals surface area contributed by atoms with Gasteiger partial charge >= 0.3 is 0 Å². The van der Waals surface area contributed by atoms with Crippen LogP contribution in [-0.4, -0.2) is 57.3 Å². The van der Waals surface area contributed by atoms with E-state index in [1.165, 1.54) is 225 Å². The molecule has 0 fully saturated rings. The number of aliphatic hydroxyl groups excluding tert-OH is 4. The van der Waals surface area contributed by atoms with Gasteiger partial charge in [0.1, 0.15) is 12.2 Å². The predicted molar refractivity (Wildman–Crippen MR) is 279 cm³/mol. The van der Waals surface area contributed by atoms with Gasteiger partial charge in [0.25, 0.3) is 0 Å². The van der Waals surface area contributed by atoms with Crippen LogP contribution in [0.15, 0.2) is 36.5 Å². The van der Waals surface area contributed by atoms with Gasteiger partial charge in [-0.15, -0.1) is 0 Å². The minimum atomic E-state index is -1.28. The number of amides is 1. The molecule has 0 saturated heterocycles. The number of hydrogen-bond acceptors (Lipinski definition) is 5. The van der Waals surface area contributed by atoms with Crippen LogP contribution >= 0.6 is 0 Å². The van der Waals surface area contributed by atoms with E-state index >= 15 is 0 Å². The van der Waals surface area contributed by atoms with E-state index in [9.17, 15) is 25.2 Å². The van der Waals surface area contributed by atoms with Crippen molar-refractivity contribution in [1.29, 1.82) is 0 Å². The number of rotatable bonds is 52. The van der Waals surface area contributed by atoms with Crippen LogP contribution in [0.3, 0.4) is 0 Å². The SMILES string of the molecule is CCCCC/C=C\C=C/CCCCCCCCCCCC(O)C(=O)NC(CO)C(O)C(O)CCC/C=C/CCCCCCCCCCCCCCCCCCCCCCCCCCC. The Kier molecular flexibility index (Phi) is 51.3. The zero-order chi connectivity index (χ0) is 46.7. The minimum Gasteiger partial charge on any atom is -0.394 e. The third-order valence-corrected chi connectivity index (χ3v) is 13.4. The molecule has 1 amide bonds. The van der Waals surface area contributed by atoms with E-state index in [2.05, 4.69) is 55.6 Å². The molecule has 0 radical (unpaired) electrons. The molecule has 0 spiro atoms. The van der Waals surface area contributed by atoms with Gasteiger partial charge in [-0.05, 0) is 64.2 Å². The van der Waals surface area contributed by atoms with Crippen LogP contribution < -0.4 is 5.32 Å². The second kappa shape index (κ2) is 52.5. The predicted octanol–water partition coefficient (Wildman–Crippen LogP) is 16.4. The molecule has 5 N–H and O–H groups in total. The lowest BCUT2D eigenvalue weighted by molar-refractivity contribution is -0.132. The fourth-order valence-corrected chi connectivity index (χ4v) is 8.87. The summed E-state index contributed by atoms with van der Waals surface area (Å²) in [5.41, 5.74) is 0. The summed E-state index contributed by atoms with van der Waals surface area (Å²) in [6.45, 7) is 4.04. The number of aliphatic hydroxyl groups is 4. The summed E-state index contributed by atoms with van der Waals surface area (Å²) in [5.74, 6) is -0.595. The quantitative estimate of drug-likeness (QED) is 0.0237. The van der Waals surface area contributed by atoms with Crippen molar-refractivity contribution < 1.29 is 25.2 Å². The van der Waals surface area contributed by atoms with Gasteiger partial charge in [-0.1, -0.05) is 269 Å². The third kappa shape index (κ3) is 45.7. The van der Waals surface area contributed by atoms with Crippen LogP contribution in [-0.2, 0) is 4.79 Å². The van der Waals surface area contributed by atoms with Gasteiger partial charge in [0.05, 0.1) is 18.8 Å². The molecule has 0 aliphatic rings. The van der Waals surface area contributed by atoms with E-state index in [-0.39, 0.29) is 0 Å². The number of unbranched alkanes of at least 4 members (excludes halogenated alkanes) is 38. The van der Waals surface area contributed by atoms with Gasteiger partial charge in [0.15, 0.2) is 0 Å². The molecule has 4 unspecified atom stereocenters. The van der Waals surface area contributed by atoms with Gasteiger partial charge in [0.2, 0.25) is 5.91 Å². The molecule has 0 aliphatic carbocycles. The largest absolute Gasteiger partial charge is 0.394 e. The average molecular weight is 903 g/mol. The van der Waals surface area contributed by atoms with Crippen molar-refractivity contribution >= 4 is 5.91 Å². The van der Waals surface area contributed by atoms with Crippen LogP contribution in [0.1, 0.15) is 296 Å². The first-order chi connectivity index (χ1) is 31.5. The highest BCUT2D eigenvalue weighted by atomic mass is 16.3. The van der Waals surface area contributed by atoms with Crippen molar-refractivity contribution in [2.75, 3.05) is 6.61 Å². The Balaban J connectivity index is 3.63.